The second-order valence-corrected chi connectivity index (χ2v) is 4.14. The summed E-state index contributed by atoms with van der Waals surface area (Å²) in [5, 5.41) is 11.0. The van der Waals surface area contributed by atoms with E-state index < -0.39 is 6.09 Å². The van der Waals surface area contributed by atoms with Gasteiger partial charge in [0.15, 0.2) is 0 Å². The Labute approximate surface area is 112 Å². The first-order valence-corrected chi connectivity index (χ1v) is 5.80. The number of carbonyl (C=O) groups is 1. The van der Waals surface area contributed by atoms with Crippen LogP contribution in [0.5, 0.6) is 0 Å². The summed E-state index contributed by atoms with van der Waals surface area (Å²) in [6.45, 7) is 0. The second kappa shape index (κ2) is 4.54. The Balaban J connectivity index is 2.18. The molecule has 0 aliphatic rings. The Morgan fingerprint density at radius 1 is 1.35 bits per heavy atom. The summed E-state index contributed by atoms with van der Waals surface area (Å²) in [4.78, 5) is 29.3. The van der Waals surface area contributed by atoms with Gasteiger partial charge in [-0.3, -0.25) is 14.9 Å². The van der Waals surface area contributed by atoms with Crippen LogP contribution in [0.2, 0.25) is 0 Å². The highest BCUT2D eigenvalue weighted by Gasteiger charge is 2.09. The molecule has 0 saturated carbocycles. The normalized spacial score (nSPS) is 10.6. The Bertz CT molecular complexity index is 850. The molecule has 1 amide bonds. The Hall–Kier alpha value is -3.09. The number of pyridine rings is 1. The van der Waals surface area contributed by atoms with Crippen molar-refractivity contribution in [1.29, 1.82) is 0 Å². The maximum Gasteiger partial charge on any atom is 0.409 e. The third-order valence-corrected chi connectivity index (χ3v) is 2.84. The average molecular weight is 270 g/mol. The lowest BCUT2D eigenvalue weighted by Crippen LogP contribution is -2.15. The number of aromatic nitrogens is 3. The number of hydrogen-bond donors (Lipinski definition) is 3. The van der Waals surface area contributed by atoms with Gasteiger partial charge in [-0.15, -0.1) is 0 Å². The van der Waals surface area contributed by atoms with Crippen molar-refractivity contribution in [1.82, 2.24) is 14.5 Å². The van der Waals surface area contributed by atoms with E-state index in [1.54, 1.807) is 42.7 Å². The SMILES string of the molecule is O=C(O)Nc1cccc(-n2c(=O)[nH]c3cnccc32)c1. The van der Waals surface area contributed by atoms with Gasteiger partial charge >= 0.3 is 11.8 Å². The summed E-state index contributed by atoms with van der Waals surface area (Å²) in [6, 6.07) is 8.31. The minimum absolute atomic E-state index is 0.305. The van der Waals surface area contributed by atoms with Crippen LogP contribution in [0, 0.1) is 0 Å². The van der Waals surface area contributed by atoms with Crippen LogP contribution in [-0.2, 0) is 0 Å². The number of rotatable bonds is 2. The number of nitrogens with zero attached hydrogens (tertiary/aromatic N) is 2. The molecule has 0 unspecified atom stereocenters. The van der Waals surface area contributed by atoms with Gasteiger partial charge in [0.1, 0.15) is 0 Å². The molecule has 3 aromatic rings. The Morgan fingerprint density at radius 2 is 2.20 bits per heavy atom. The lowest BCUT2D eigenvalue weighted by Gasteiger charge is -2.06. The fourth-order valence-electron chi connectivity index (χ4n) is 2.06. The molecule has 0 atom stereocenters. The Morgan fingerprint density at radius 3 is 3.00 bits per heavy atom. The molecule has 3 rings (SSSR count). The summed E-state index contributed by atoms with van der Waals surface area (Å²) in [5.74, 6) is 0. The van der Waals surface area contributed by atoms with E-state index in [4.69, 9.17) is 5.11 Å². The van der Waals surface area contributed by atoms with Crippen LogP contribution in [0.25, 0.3) is 16.7 Å². The van der Waals surface area contributed by atoms with E-state index in [0.717, 1.165) is 0 Å². The zero-order valence-electron chi connectivity index (χ0n) is 10.2. The standard InChI is InChI=1S/C13H10N4O3/c18-12-16-10-7-14-5-4-11(10)17(12)9-3-1-2-8(6-9)15-13(19)20/h1-7,15H,(H,16,18)(H,19,20). The van der Waals surface area contributed by atoms with Gasteiger partial charge in [-0.25, -0.2) is 9.59 Å². The molecular weight excluding hydrogens is 260 g/mol. The number of benzene rings is 1. The molecule has 0 fully saturated rings. The van der Waals surface area contributed by atoms with Crippen LogP contribution >= 0.6 is 0 Å². The van der Waals surface area contributed by atoms with Crippen molar-refractivity contribution >= 4 is 22.8 Å². The lowest BCUT2D eigenvalue weighted by molar-refractivity contribution is 0.210. The predicted molar refractivity (Wildman–Crippen MR) is 73.3 cm³/mol. The van der Waals surface area contributed by atoms with Crippen LogP contribution in [-0.4, -0.2) is 25.7 Å². The molecule has 0 spiro atoms. The van der Waals surface area contributed by atoms with Crippen molar-refractivity contribution in [2.24, 2.45) is 0 Å². The van der Waals surface area contributed by atoms with E-state index in [2.05, 4.69) is 15.3 Å². The summed E-state index contributed by atoms with van der Waals surface area (Å²) in [5.41, 5.74) is 1.95. The van der Waals surface area contributed by atoms with Gasteiger partial charge in [-0.2, -0.15) is 0 Å². The molecule has 100 valence electrons. The highest BCUT2D eigenvalue weighted by molar-refractivity contribution is 5.83. The van der Waals surface area contributed by atoms with E-state index in [-0.39, 0.29) is 5.69 Å². The van der Waals surface area contributed by atoms with Crippen LogP contribution in [0.3, 0.4) is 0 Å². The van der Waals surface area contributed by atoms with Gasteiger partial charge < -0.3 is 10.1 Å². The molecule has 0 aliphatic carbocycles. The van der Waals surface area contributed by atoms with Crippen molar-refractivity contribution in [3.8, 4) is 5.69 Å². The third kappa shape index (κ3) is 2.01. The second-order valence-electron chi connectivity index (χ2n) is 4.14. The third-order valence-electron chi connectivity index (χ3n) is 2.84. The average Bonchev–Trinajstić information content (AvgIpc) is 2.74. The molecule has 2 aromatic heterocycles. The minimum atomic E-state index is -1.15. The molecule has 0 radical (unpaired) electrons. The van der Waals surface area contributed by atoms with Gasteiger partial charge in [-0.05, 0) is 24.3 Å². The summed E-state index contributed by atoms with van der Waals surface area (Å²) < 4.78 is 1.46. The first-order valence-electron chi connectivity index (χ1n) is 5.80. The van der Waals surface area contributed by atoms with Gasteiger partial charge in [0.2, 0.25) is 0 Å². The topological polar surface area (TPSA) is 100 Å². The molecule has 20 heavy (non-hydrogen) atoms. The molecular formula is C13H10N4O3. The molecule has 3 N–H and O–H groups in total. The summed E-state index contributed by atoms with van der Waals surface area (Å²) in [7, 11) is 0. The van der Waals surface area contributed by atoms with Crippen LogP contribution in [0.1, 0.15) is 0 Å². The zero-order valence-corrected chi connectivity index (χ0v) is 10.2. The summed E-state index contributed by atoms with van der Waals surface area (Å²) in [6.07, 6.45) is 2.00. The minimum Gasteiger partial charge on any atom is -0.465 e. The first-order chi connectivity index (χ1) is 9.65. The lowest BCUT2D eigenvalue weighted by atomic mass is 10.2. The smallest absolute Gasteiger partial charge is 0.409 e. The quantitative estimate of drug-likeness (QED) is 0.661. The molecule has 1 aromatic carbocycles. The van der Waals surface area contributed by atoms with E-state index in [1.165, 1.54) is 4.57 Å². The fraction of sp³-hybridized carbons (Fsp3) is 0. The molecule has 7 heteroatoms. The highest BCUT2D eigenvalue weighted by atomic mass is 16.4. The number of imidazole rings is 1. The first kappa shape index (κ1) is 12.0. The van der Waals surface area contributed by atoms with E-state index in [0.29, 0.717) is 22.4 Å². The van der Waals surface area contributed by atoms with Crippen molar-refractivity contribution in [2.75, 3.05) is 5.32 Å². The molecule has 0 aliphatic heterocycles. The van der Waals surface area contributed by atoms with Crippen molar-refractivity contribution in [2.45, 2.75) is 0 Å². The number of H-pyrrole nitrogens is 1. The van der Waals surface area contributed by atoms with Crippen LogP contribution in [0.15, 0.2) is 47.5 Å². The van der Waals surface area contributed by atoms with Gasteiger partial charge in [0.25, 0.3) is 0 Å². The predicted octanol–water partition coefficient (Wildman–Crippen LogP) is 1.80. The van der Waals surface area contributed by atoms with Crippen LogP contribution in [0.4, 0.5) is 10.5 Å². The number of amides is 1. The molecule has 0 bridgehead atoms. The number of fused-ring (bicyclic) bond motifs is 1. The highest BCUT2D eigenvalue weighted by Crippen LogP contribution is 2.17. The maximum absolute atomic E-state index is 12.0. The van der Waals surface area contributed by atoms with Gasteiger partial charge in [0.05, 0.1) is 22.9 Å². The molecule has 7 nitrogen and oxygen atoms in total. The number of nitrogens with one attached hydrogen (secondary N) is 2. The van der Waals surface area contributed by atoms with E-state index in [9.17, 15) is 9.59 Å². The molecule has 2 heterocycles. The van der Waals surface area contributed by atoms with E-state index >= 15 is 0 Å². The summed E-state index contributed by atoms with van der Waals surface area (Å²) >= 11 is 0. The number of anilines is 1. The van der Waals surface area contributed by atoms with Crippen molar-refractivity contribution in [3.63, 3.8) is 0 Å². The largest absolute Gasteiger partial charge is 0.465 e. The Kier molecular flexibility index (Phi) is 2.72. The van der Waals surface area contributed by atoms with E-state index in [1.807, 2.05) is 0 Å². The van der Waals surface area contributed by atoms with Crippen LogP contribution < -0.4 is 11.0 Å². The maximum atomic E-state index is 12.0. The number of aromatic amines is 1. The number of hydrogen-bond acceptors (Lipinski definition) is 3. The van der Waals surface area contributed by atoms with Gasteiger partial charge in [0, 0.05) is 11.9 Å². The monoisotopic (exact) mass is 270 g/mol. The van der Waals surface area contributed by atoms with Crippen molar-refractivity contribution < 1.29 is 9.90 Å². The number of carboxylic acid groups (broad SMARTS) is 1. The fourth-order valence-corrected chi connectivity index (χ4v) is 2.06. The van der Waals surface area contributed by atoms with Crippen molar-refractivity contribution in [3.05, 3.63) is 53.2 Å². The van der Waals surface area contributed by atoms with Gasteiger partial charge in [-0.1, -0.05) is 6.07 Å². The zero-order chi connectivity index (χ0) is 14.1. The molecule has 0 saturated heterocycles.